The van der Waals surface area contributed by atoms with E-state index in [2.05, 4.69) is 0 Å². The summed E-state index contributed by atoms with van der Waals surface area (Å²) in [7, 11) is -1.82. The summed E-state index contributed by atoms with van der Waals surface area (Å²) in [6, 6.07) is 1.54. The minimum absolute atomic E-state index is 0.0520. The Morgan fingerprint density at radius 1 is 1.00 bits per heavy atom. The van der Waals surface area contributed by atoms with Crippen molar-refractivity contribution in [2.75, 3.05) is 18.1 Å². The largest absolute Gasteiger partial charge is 0.416 e. The van der Waals surface area contributed by atoms with Crippen molar-refractivity contribution in [3.8, 4) is 0 Å². The Morgan fingerprint density at radius 2 is 1.52 bits per heavy atom. The van der Waals surface area contributed by atoms with Gasteiger partial charge in [0, 0.05) is 12.2 Å². The maximum absolute atomic E-state index is 13.0. The van der Waals surface area contributed by atoms with E-state index < -0.39 is 31.8 Å². The Labute approximate surface area is 143 Å². The molecule has 1 aliphatic rings. The van der Waals surface area contributed by atoms with E-state index in [9.17, 15) is 26.3 Å². The van der Waals surface area contributed by atoms with Crippen LogP contribution < -0.4 is 4.90 Å². The molecule has 1 atom stereocenters. The van der Waals surface area contributed by atoms with Gasteiger partial charge in [-0.15, -0.1) is 0 Å². The van der Waals surface area contributed by atoms with Crippen LogP contribution in [0.4, 0.5) is 32.0 Å². The average molecular weight is 385 g/mol. The lowest BCUT2D eigenvalue weighted by Crippen LogP contribution is -2.38. The summed E-state index contributed by atoms with van der Waals surface area (Å²) in [5.74, 6) is 0. The fourth-order valence-electron chi connectivity index (χ4n) is 2.80. The second-order valence-corrected chi connectivity index (χ2v) is 11.7. The highest BCUT2D eigenvalue weighted by Crippen LogP contribution is 2.39. The first-order valence-electron chi connectivity index (χ1n) is 7.97. The summed E-state index contributed by atoms with van der Waals surface area (Å²) in [6.07, 6.45) is -8.28. The van der Waals surface area contributed by atoms with Crippen LogP contribution in [-0.2, 0) is 16.8 Å². The molecular formula is C16H21F6NOSi. The molecule has 0 spiro atoms. The van der Waals surface area contributed by atoms with Crippen molar-refractivity contribution >= 4 is 14.0 Å². The minimum Gasteiger partial charge on any atom is -0.416 e. The highest BCUT2D eigenvalue weighted by molar-refractivity contribution is 6.69. The van der Waals surface area contributed by atoms with E-state index in [0.717, 1.165) is 12.1 Å². The molecule has 1 aliphatic heterocycles. The number of hydrogen-bond donors (Lipinski definition) is 0. The SMILES string of the molecule is C[Si](C)(C)OC[C@@H]1CCCN1c1cc(C(F)(F)F)cc(C(F)(F)F)c1. The molecule has 0 saturated carbocycles. The molecule has 2 rings (SSSR count). The van der Waals surface area contributed by atoms with E-state index in [4.69, 9.17) is 4.43 Å². The molecule has 1 aromatic rings. The van der Waals surface area contributed by atoms with Crippen molar-refractivity contribution < 1.29 is 30.8 Å². The van der Waals surface area contributed by atoms with Gasteiger partial charge >= 0.3 is 12.4 Å². The third-order valence-electron chi connectivity index (χ3n) is 3.99. The predicted octanol–water partition coefficient (Wildman–Crippen LogP) is 5.54. The van der Waals surface area contributed by atoms with Gasteiger partial charge in [0.15, 0.2) is 8.32 Å². The van der Waals surface area contributed by atoms with Gasteiger partial charge in [0.25, 0.3) is 0 Å². The molecule has 0 amide bonds. The van der Waals surface area contributed by atoms with Crippen LogP contribution in [0.2, 0.25) is 19.6 Å². The van der Waals surface area contributed by atoms with Crippen molar-refractivity contribution in [1.29, 1.82) is 0 Å². The molecule has 2 nitrogen and oxygen atoms in total. The van der Waals surface area contributed by atoms with E-state index in [1.54, 1.807) is 4.90 Å². The van der Waals surface area contributed by atoms with Crippen molar-refractivity contribution in [3.05, 3.63) is 29.3 Å². The Balaban J connectivity index is 2.36. The summed E-state index contributed by atoms with van der Waals surface area (Å²) in [5, 5.41) is 0. The Hall–Kier alpha value is -1.22. The van der Waals surface area contributed by atoms with Crippen LogP contribution in [0.3, 0.4) is 0 Å². The van der Waals surface area contributed by atoms with Crippen LogP contribution in [0.1, 0.15) is 24.0 Å². The number of benzene rings is 1. The molecular weight excluding hydrogens is 364 g/mol. The van der Waals surface area contributed by atoms with Gasteiger partial charge in [0.1, 0.15) is 0 Å². The Morgan fingerprint density at radius 3 is 1.96 bits per heavy atom. The number of rotatable bonds is 4. The lowest BCUT2D eigenvalue weighted by Gasteiger charge is -2.30. The second-order valence-electron chi connectivity index (χ2n) is 7.18. The first-order valence-corrected chi connectivity index (χ1v) is 11.4. The standard InChI is InChI=1S/C16H21F6NOSi/c1-25(2,3)24-10-13-5-4-6-23(13)14-8-11(15(17,18)19)7-12(9-14)16(20,21)22/h7-9,13H,4-6,10H2,1-3H3/t13-/m0/s1. The van der Waals surface area contributed by atoms with Crippen LogP contribution in [-0.4, -0.2) is 27.5 Å². The molecule has 25 heavy (non-hydrogen) atoms. The van der Waals surface area contributed by atoms with Gasteiger partial charge in [-0.3, -0.25) is 0 Å². The van der Waals surface area contributed by atoms with Crippen molar-refractivity contribution in [2.45, 2.75) is 50.9 Å². The van der Waals surface area contributed by atoms with E-state index in [0.29, 0.717) is 26.0 Å². The smallest absolute Gasteiger partial charge is 0.416 e. The fraction of sp³-hybridized carbons (Fsp3) is 0.625. The maximum atomic E-state index is 13.0. The molecule has 9 heteroatoms. The molecule has 0 radical (unpaired) electrons. The molecule has 1 fully saturated rings. The first kappa shape index (κ1) is 20.1. The van der Waals surface area contributed by atoms with Crippen LogP contribution >= 0.6 is 0 Å². The number of alkyl halides is 6. The second kappa shape index (κ2) is 6.83. The van der Waals surface area contributed by atoms with Crippen LogP contribution in [0.5, 0.6) is 0 Å². The fourth-order valence-corrected chi connectivity index (χ4v) is 3.49. The van der Waals surface area contributed by atoms with Gasteiger partial charge in [0.2, 0.25) is 0 Å². The Kier molecular flexibility index (Phi) is 5.49. The summed E-state index contributed by atoms with van der Waals surface area (Å²) in [5.41, 5.74) is -2.62. The highest BCUT2D eigenvalue weighted by atomic mass is 28.4. The molecule has 1 aromatic carbocycles. The molecule has 0 aliphatic carbocycles. The minimum atomic E-state index is -4.83. The van der Waals surface area contributed by atoms with Gasteiger partial charge in [-0.05, 0) is 50.7 Å². The number of hydrogen-bond acceptors (Lipinski definition) is 2. The first-order chi connectivity index (χ1) is 11.3. The highest BCUT2D eigenvalue weighted by Gasteiger charge is 2.38. The zero-order valence-corrected chi connectivity index (χ0v) is 15.3. The molecule has 1 saturated heterocycles. The quantitative estimate of drug-likeness (QED) is 0.498. The average Bonchev–Trinajstić information content (AvgIpc) is 2.90. The maximum Gasteiger partial charge on any atom is 0.416 e. The van der Waals surface area contributed by atoms with Gasteiger partial charge in [-0.2, -0.15) is 26.3 Å². The number of anilines is 1. The molecule has 0 N–H and O–H groups in total. The van der Waals surface area contributed by atoms with E-state index in [1.165, 1.54) is 0 Å². The topological polar surface area (TPSA) is 12.5 Å². The third-order valence-corrected chi connectivity index (χ3v) is 5.02. The third kappa shape index (κ3) is 5.37. The van der Waals surface area contributed by atoms with Crippen LogP contribution in [0.25, 0.3) is 0 Å². The van der Waals surface area contributed by atoms with Gasteiger partial charge in [0.05, 0.1) is 23.8 Å². The Bertz CT molecular complexity index is 576. The van der Waals surface area contributed by atoms with Gasteiger partial charge in [-0.25, -0.2) is 0 Å². The van der Waals surface area contributed by atoms with Gasteiger partial charge in [-0.1, -0.05) is 0 Å². The van der Waals surface area contributed by atoms with Crippen LogP contribution in [0, 0.1) is 0 Å². The zero-order chi connectivity index (χ0) is 19.0. The lowest BCUT2D eigenvalue weighted by molar-refractivity contribution is -0.143. The molecule has 0 unspecified atom stereocenters. The van der Waals surface area contributed by atoms with E-state index in [-0.39, 0.29) is 17.8 Å². The summed E-state index contributed by atoms with van der Waals surface area (Å²) in [4.78, 5) is 1.60. The molecule has 0 bridgehead atoms. The van der Waals surface area contributed by atoms with E-state index >= 15 is 0 Å². The number of nitrogens with zero attached hydrogens (tertiary/aromatic N) is 1. The van der Waals surface area contributed by atoms with Crippen molar-refractivity contribution in [2.24, 2.45) is 0 Å². The summed E-state index contributed by atoms with van der Waals surface area (Å²) in [6.45, 7) is 6.68. The molecule has 1 heterocycles. The normalized spacial score (nSPS) is 19.6. The monoisotopic (exact) mass is 385 g/mol. The lowest BCUT2D eigenvalue weighted by atomic mass is 10.1. The van der Waals surface area contributed by atoms with Crippen LogP contribution in [0.15, 0.2) is 18.2 Å². The zero-order valence-electron chi connectivity index (χ0n) is 14.3. The predicted molar refractivity (Wildman–Crippen MR) is 86.1 cm³/mol. The van der Waals surface area contributed by atoms with Crippen molar-refractivity contribution in [3.63, 3.8) is 0 Å². The van der Waals surface area contributed by atoms with E-state index in [1.807, 2.05) is 19.6 Å². The molecule has 0 aromatic heterocycles. The number of halogens is 6. The van der Waals surface area contributed by atoms with Gasteiger partial charge < -0.3 is 9.33 Å². The molecule has 142 valence electrons. The summed E-state index contributed by atoms with van der Waals surface area (Å²) < 4.78 is 83.9. The summed E-state index contributed by atoms with van der Waals surface area (Å²) >= 11 is 0. The van der Waals surface area contributed by atoms with Crippen molar-refractivity contribution in [1.82, 2.24) is 0 Å².